The monoisotopic (exact) mass is 253 g/mol. The van der Waals surface area contributed by atoms with E-state index in [4.69, 9.17) is 10.7 Å². The Bertz CT molecular complexity index is 763. The van der Waals surface area contributed by atoms with E-state index in [1.54, 1.807) is 0 Å². The molecule has 2 aromatic heterocycles. The van der Waals surface area contributed by atoms with Crippen molar-refractivity contribution in [2.24, 2.45) is 7.05 Å². The Balaban J connectivity index is 2.02. The Labute approximate surface area is 110 Å². The van der Waals surface area contributed by atoms with Crippen LogP contribution in [-0.4, -0.2) is 19.3 Å². The number of aryl methyl sites for hydroxylation is 1. The van der Waals surface area contributed by atoms with Crippen molar-refractivity contribution in [2.75, 3.05) is 5.73 Å². The van der Waals surface area contributed by atoms with Gasteiger partial charge in [-0.3, -0.25) is 9.25 Å². The number of nitrogen functional groups attached to an aromatic ring is 1. The highest BCUT2D eigenvalue weighted by atomic mass is 15.3. The molecule has 1 aliphatic rings. The van der Waals surface area contributed by atoms with Crippen molar-refractivity contribution in [1.29, 1.82) is 0 Å². The molecular formula is C14H15N5. The third-order valence-electron chi connectivity index (χ3n) is 3.58. The number of aromatic nitrogens is 4. The fourth-order valence-electron chi connectivity index (χ4n) is 2.49. The Hall–Kier alpha value is -2.30. The lowest BCUT2D eigenvalue weighted by Crippen LogP contribution is -2.01. The van der Waals surface area contributed by atoms with Crippen LogP contribution in [0.5, 0.6) is 0 Å². The first kappa shape index (κ1) is 10.6. The highest BCUT2D eigenvalue weighted by Crippen LogP contribution is 2.41. The van der Waals surface area contributed by atoms with Crippen LogP contribution in [0.3, 0.4) is 0 Å². The number of benzene rings is 1. The summed E-state index contributed by atoms with van der Waals surface area (Å²) in [5.74, 6) is 2.60. The number of fused-ring (bicyclic) bond motifs is 1. The van der Waals surface area contributed by atoms with Crippen molar-refractivity contribution in [3.05, 3.63) is 36.3 Å². The van der Waals surface area contributed by atoms with Crippen molar-refractivity contribution in [2.45, 2.75) is 18.8 Å². The molecule has 2 N–H and O–H groups in total. The Morgan fingerprint density at radius 3 is 2.79 bits per heavy atom. The number of nitrogens with zero attached hydrogens (tertiary/aromatic N) is 4. The van der Waals surface area contributed by atoms with E-state index in [1.807, 2.05) is 42.2 Å². The van der Waals surface area contributed by atoms with Crippen LogP contribution >= 0.6 is 0 Å². The lowest BCUT2D eigenvalue weighted by molar-refractivity contribution is 0.744. The molecule has 0 unspecified atom stereocenters. The number of imidazole rings is 1. The highest BCUT2D eigenvalue weighted by Gasteiger charge is 2.30. The summed E-state index contributed by atoms with van der Waals surface area (Å²) >= 11 is 0. The van der Waals surface area contributed by atoms with Gasteiger partial charge >= 0.3 is 0 Å². The van der Waals surface area contributed by atoms with Crippen molar-refractivity contribution in [1.82, 2.24) is 19.3 Å². The molecule has 19 heavy (non-hydrogen) atoms. The summed E-state index contributed by atoms with van der Waals surface area (Å²) in [5.41, 5.74) is 8.63. The molecule has 3 aromatic rings. The number of nitrogens with two attached hydrogens (primary N) is 1. The number of hydrogen-bond acceptors (Lipinski definition) is 3. The molecule has 1 aliphatic carbocycles. The van der Waals surface area contributed by atoms with Crippen LogP contribution in [0, 0.1) is 0 Å². The summed E-state index contributed by atoms with van der Waals surface area (Å²) < 4.78 is 3.97. The predicted molar refractivity (Wildman–Crippen MR) is 74.2 cm³/mol. The van der Waals surface area contributed by atoms with Crippen LogP contribution in [0.15, 0.2) is 30.5 Å². The number of rotatable bonds is 2. The number of anilines is 1. The van der Waals surface area contributed by atoms with Gasteiger partial charge in [0.05, 0.1) is 11.0 Å². The SMILES string of the molecule is Cn1ccc(-n2c(C3CC3)nc3cc(N)ccc32)n1. The maximum atomic E-state index is 5.85. The van der Waals surface area contributed by atoms with Gasteiger partial charge in [0.25, 0.3) is 0 Å². The minimum atomic E-state index is 0.565. The molecule has 0 bridgehead atoms. The van der Waals surface area contributed by atoms with E-state index in [1.165, 1.54) is 12.8 Å². The van der Waals surface area contributed by atoms with Crippen LogP contribution in [-0.2, 0) is 7.05 Å². The van der Waals surface area contributed by atoms with Gasteiger partial charge in [0.1, 0.15) is 5.82 Å². The van der Waals surface area contributed by atoms with Crippen LogP contribution < -0.4 is 5.73 Å². The molecule has 1 saturated carbocycles. The fraction of sp³-hybridized carbons (Fsp3) is 0.286. The molecule has 5 heteroatoms. The molecule has 1 fully saturated rings. The molecule has 0 aliphatic heterocycles. The molecule has 1 aromatic carbocycles. The molecule has 0 amide bonds. The average Bonchev–Trinajstić information content (AvgIpc) is 3.04. The van der Waals surface area contributed by atoms with E-state index in [0.29, 0.717) is 5.92 Å². The zero-order valence-corrected chi connectivity index (χ0v) is 10.7. The second-order valence-electron chi connectivity index (χ2n) is 5.18. The van der Waals surface area contributed by atoms with Gasteiger partial charge in [-0.05, 0) is 31.0 Å². The van der Waals surface area contributed by atoms with Gasteiger partial charge in [-0.15, -0.1) is 0 Å². The Morgan fingerprint density at radius 1 is 1.26 bits per heavy atom. The third kappa shape index (κ3) is 1.62. The van der Waals surface area contributed by atoms with Crippen LogP contribution in [0.1, 0.15) is 24.6 Å². The van der Waals surface area contributed by atoms with Crippen LogP contribution in [0.4, 0.5) is 5.69 Å². The first-order valence-electron chi connectivity index (χ1n) is 6.50. The predicted octanol–water partition coefficient (Wildman–Crippen LogP) is 2.22. The van der Waals surface area contributed by atoms with Gasteiger partial charge in [0.2, 0.25) is 0 Å². The molecule has 0 atom stereocenters. The van der Waals surface area contributed by atoms with Crippen LogP contribution in [0.25, 0.3) is 16.9 Å². The van der Waals surface area contributed by atoms with Gasteiger partial charge in [0, 0.05) is 30.9 Å². The third-order valence-corrected chi connectivity index (χ3v) is 3.58. The van der Waals surface area contributed by atoms with Gasteiger partial charge < -0.3 is 5.73 Å². The molecular weight excluding hydrogens is 238 g/mol. The zero-order chi connectivity index (χ0) is 13.0. The van der Waals surface area contributed by atoms with Gasteiger partial charge in [-0.2, -0.15) is 5.10 Å². The average molecular weight is 253 g/mol. The van der Waals surface area contributed by atoms with E-state index in [0.717, 1.165) is 28.4 Å². The summed E-state index contributed by atoms with van der Waals surface area (Å²) in [6, 6.07) is 7.89. The van der Waals surface area contributed by atoms with Crippen molar-refractivity contribution < 1.29 is 0 Å². The maximum Gasteiger partial charge on any atom is 0.160 e. The van der Waals surface area contributed by atoms with Gasteiger partial charge in [-0.25, -0.2) is 4.98 Å². The minimum absolute atomic E-state index is 0.565. The maximum absolute atomic E-state index is 5.85. The van der Waals surface area contributed by atoms with Gasteiger partial charge in [0.15, 0.2) is 5.82 Å². The molecule has 0 spiro atoms. The quantitative estimate of drug-likeness (QED) is 0.712. The van der Waals surface area contributed by atoms with Crippen molar-refractivity contribution in [3.63, 3.8) is 0 Å². The largest absolute Gasteiger partial charge is 0.399 e. The summed E-state index contributed by atoms with van der Waals surface area (Å²) in [5, 5.41) is 4.50. The second kappa shape index (κ2) is 3.60. The van der Waals surface area contributed by atoms with E-state index >= 15 is 0 Å². The molecule has 2 heterocycles. The first-order chi connectivity index (χ1) is 9.22. The summed E-state index contributed by atoms with van der Waals surface area (Å²) in [6.07, 6.45) is 4.38. The molecule has 0 saturated heterocycles. The van der Waals surface area contributed by atoms with Crippen LogP contribution in [0.2, 0.25) is 0 Å². The van der Waals surface area contributed by atoms with Crippen molar-refractivity contribution in [3.8, 4) is 5.82 Å². The molecule has 4 rings (SSSR count). The normalized spacial score (nSPS) is 15.2. The lowest BCUT2D eigenvalue weighted by atomic mass is 10.3. The summed E-state index contributed by atoms with van der Waals surface area (Å²) in [7, 11) is 1.93. The summed E-state index contributed by atoms with van der Waals surface area (Å²) in [6.45, 7) is 0. The van der Waals surface area contributed by atoms with E-state index in [9.17, 15) is 0 Å². The zero-order valence-electron chi connectivity index (χ0n) is 10.7. The Morgan fingerprint density at radius 2 is 2.11 bits per heavy atom. The molecule has 5 nitrogen and oxygen atoms in total. The van der Waals surface area contributed by atoms with Crippen molar-refractivity contribution >= 4 is 16.7 Å². The topological polar surface area (TPSA) is 61.7 Å². The second-order valence-corrected chi connectivity index (χ2v) is 5.18. The smallest absolute Gasteiger partial charge is 0.160 e. The lowest BCUT2D eigenvalue weighted by Gasteiger charge is -2.04. The van der Waals surface area contributed by atoms with E-state index in [2.05, 4.69) is 9.67 Å². The van der Waals surface area contributed by atoms with Gasteiger partial charge in [-0.1, -0.05) is 0 Å². The molecule has 96 valence electrons. The minimum Gasteiger partial charge on any atom is -0.399 e. The fourth-order valence-corrected chi connectivity index (χ4v) is 2.49. The van der Waals surface area contributed by atoms with E-state index < -0.39 is 0 Å². The molecule has 0 radical (unpaired) electrons. The van der Waals surface area contributed by atoms with E-state index in [-0.39, 0.29) is 0 Å². The number of hydrogen-bond donors (Lipinski definition) is 1. The summed E-state index contributed by atoms with van der Waals surface area (Å²) in [4.78, 5) is 4.75. The standard InChI is InChI=1S/C14H15N5/c1-18-7-6-13(17-18)19-12-5-4-10(15)8-11(12)16-14(19)9-2-3-9/h4-9H,2-3,15H2,1H3. The first-order valence-corrected chi connectivity index (χ1v) is 6.50. The highest BCUT2D eigenvalue weighted by molar-refractivity contribution is 5.81. The Kier molecular flexibility index (Phi) is 2.01.